The summed E-state index contributed by atoms with van der Waals surface area (Å²) < 4.78 is 1.73. The zero-order valence-electron chi connectivity index (χ0n) is 13.1. The fraction of sp³-hybridized carbons (Fsp3) is 0.250. The first-order valence-corrected chi connectivity index (χ1v) is 7.90. The van der Waals surface area contributed by atoms with Crippen molar-refractivity contribution in [3.8, 4) is 0 Å². The van der Waals surface area contributed by atoms with Crippen LogP contribution >= 0.6 is 11.6 Å². The van der Waals surface area contributed by atoms with Gasteiger partial charge in [-0.15, -0.1) is 0 Å². The van der Waals surface area contributed by atoms with Gasteiger partial charge in [-0.25, -0.2) is 4.98 Å². The minimum atomic E-state index is -0.195. The van der Waals surface area contributed by atoms with Crippen LogP contribution in [0.1, 0.15) is 24.1 Å². The van der Waals surface area contributed by atoms with Gasteiger partial charge in [0, 0.05) is 43.7 Å². The smallest absolute Gasteiger partial charge is 0.252 e. The van der Waals surface area contributed by atoms with Gasteiger partial charge in [0.2, 0.25) is 5.95 Å². The Bertz CT molecular complexity index is 860. The first kappa shape index (κ1) is 16.2. The SMILES string of the molecule is C[C@@H](Cn1cc(Cl)cn1)c1cc(=O)[nH]c(NCc2cccnc2)n1. The average Bonchev–Trinajstić information content (AvgIpc) is 2.98. The molecule has 0 aliphatic heterocycles. The van der Waals surface area contributed by atoms with Crippen LogP contribution < -0.4 is 10.9 Å². The van der Waals surface area contributed by atoms with E-state index in [0.717, 1.165) is 5.56 Å². The van der Waals surface area contributed by atoms with Gasteiger partial charge in [0.1, 0.15) is 0 Å². The number of H-pyrrole nitrogens is 1. The van der Waals surface area contributed by atoms with Gasteiger partial charge < -0.3 is 5.32 Å². The number of nitrogens with one attached hydrogen (secondary N) is 2. The van der Waals surface area contributed by atoms with Crippen LogP contribution in [0.3, 0.4) is 0 Å². The molecular weight excluding hydrogens is 328 g/mol. The average molecular weight is 345 g/mol. The predicted molar refractivity (Wildman–Crippen MR) is 92.1 cm³/mol. The molecule has 0 aliphatic carbocycles. The maximum atomic E-state index is 11.9. The molecule has 0 aliphatic rings. The summed E-state index contributed by atoms with van der Waals surface area (Å²) in [5.41, 5.74) is 1.50. The lowest BCUT2D eigenvalue weighted by Crippen LogP contribution is -2.17. The summed E-state index contributed by atoms with van der Waals surface area (Å²) in [5.74, 6) is 0.453. The molecule has 0 spiro atoms. The monoisotopic (exact) mass is 344 g/mol. The van der Waals surface area contributed by atoms with E-state index >= 15 is 0 Å². The Hall–Kier alpha value is -2.67. The zero-order chi connectivity index (χ0) is 16.9. The third kappa shape index (κ3) is 4.20. The molecule has 0 bridgehead atoms. The van der Waals surface area contributed by atoms with E-state index < -0.39 is 0 Å². The van der Waals surface area contributed by atoms with Gasteiger partial charge in [-0.05, 0) is 11.6 Å². The molecule has 3 aromatic heterocycles. The van der Waals surface area contributed by atoms with Gasteiger partial charge >= 0.3 is 0 Å². The summed E-state index contributed by atoms with van der Waals surface area (Å²) in [5, 5.41) is 7.85. The predicted octanol–water partition coefficient (Wildman–Crippen LogP) is 2.43. The highest BCUT2D eigenvalue weighted by Gasteiger charge is 2.11. The van der Waals surface area contributed by atoms with Crippen molar-refractivity contribution in [3.63, 3.8) is 0 Å². The van der Waals surface area contributed by atoms with Crippen molar-refractivity contribution in [2.24, 2.45) is 0 Å². The molecule has 2 N–H and O–H groups in total. The van der Waals surface area contributed by atoms with E-state index in [9.17, 15) is 4.79 Å². The van der Waals surface area contributed by atoms with Crippen molar-refractivity contribution >= 4 is 17.5 Å². The molecule has 8 heteroatoms. The van der Waals surface area contributed by atoms with E-state index in [1.807, 2.05) is 19.1 Å². The summed E-state index contributed by atoms with van der Waals surface area (Å²) in [6.07, 6.45) is 6.81. The Morgan fingerprint density at radius 3 is 3.00 bits per heavy atom. The Morgan fingerprint density at radius 2 is 2.29 bits per heavy atom. The first-order valence-electron chi connectivity index (χ1n) is 7.52. The fourth-order valence-electron chi connectivity index (χ4n) is 2.31. The van der Waals surface area contributed by atoms with Crippen molar-refractivity contribution in [1.82, 2.24) is 24.7 Å². The van der Waals surface area contributed by atoms with Gasteiger partial charge in [-0.3, -0.25) is 19.4 Å². The van der Waals surface area contributed by atoms with Crippen LogP contribution in [0.4, 0.5) is 5.95 Å². The second-order valence-electron chi connectivity index (χ2n) is 5.52. The molecule has 3 aromatic rings. The maximum absolute atomic E-state index is 11.9. The lowest BCUT2D eigenvalue weighted by atomic mass is 10.1. The molecule has 0 unspecified atom stereocenters. The van der Waals surface area contributed by atoms with E-state index in [2.05, 4.69) is 25.4 Å². The molecule has 0 amide bonds. The maximum Gasteiger partial charge on any atom is 0.252 e. The van der Waals surface area contributed by atoms with Crippen LogP contribution in [-0.4, -0.2) is 24.7 Å². The first-order chi connectivity index (χ1) is 11.6. The van der Waals surface area contributed by atoms with Gasteiger partial charge in [0.05, 0.1) is 16.9 Å². The highest BCUT2D eigenvalue weighted by molar-refractivity contribution is 6.30. The summed E-state index contributed by atoms with van der Waals surface area (Å²) in [7, 11) is 0. The number of halogens is 1. The quantitative estimate of drug-likeness (QED) is 0.717. The number of hydrogen-bond acceptors (Lipinski definition) is 5. The third-order valence-electron chi connectivity index (χ3n) is 3.51. The Balaban J connectivity index is 1.72. The number of aromatic amines is 1. The summed E-state index contributed by atoms with van der Waals surface area (Å²) in [6, 6.07) is 5.32. The standard InChI is InChI=1S/C16H17ClN6O/c1-11(9-23-10-13(17)8-20-23)14-5-15(24)22-16(21-14)19-7-12-3-2-4-18-6-12/h2-6,8,10-11H,7,9H2,1H3,(H2,19,21,22,24)/t11-/m0/s1. The van der Waals surface area contributed by atoms with Crippen LogP contribution in [0.15, 0.2) is 47.8 Å². The number of hydrogen-bond donors (Lipinski definition) is 2. The highest BCUT2D eigenvalue weighted by Crippen LogP contribution is 2.16. The van der Waals surface area contributed by atoms with Gasteiger partial charge in [-0.1, -0.05) is 24.6 Å². The summed E-state index contributed by atoms with van der Waals surface area (Å²) >= 11 is 5.87. The van der Waals surface area contributed by atoms with E-state index in [1.54, 1.807) is 29.5 Å². The Morgan fingerprint density at radius 1 is 1.42 bits per heavy atom. The van der Waals surface area contributed by atoms with E-state index in [-0.39, 0.29) is 11.5 Å². The molecule has 0 fully saturated rings. The molecule has 3 rings (SSSR count). The van der Waals surface area contributed by atoms with Crippen molar-refractivity contribution < 1.29 is 0 Å². The van der Waals surface area contributed by atoms with Crippen LogP contribution in [-0.2, 0) is 13.1 Å². The molecule has 0 saturated heterocycles. The van der Waals surface area contributed by atoms with Crippen molar-refractivity contribution in [2.75, 3.05) is 5.32 Å². The summed E-state index contributed by atoms with van der Waals surface area (Å²) in [6.45, 7) is 3.11. The highest BCUT2D eigenvalue weighted by atomic mass is 35.5. The second-order valence-corrected chi connectivity index (χ2v) is 5.95. The second kappa shape index (κ2) is 7.27. The topological polar surface area (TPSA) is 88.5 Å². The van der Waals surface area contributed by atoms with Gasteiger partial charge in [0.15, 0.2) is 0 Å². The van der Waals surface area contributed by atoms with Crippen molar-refractivity contribution in [3.05, 3.63) is 69.6 Å². The molecule has 0 aromatic carbocycles. The van der Waals surface area contributed by atoms with Gasteiger partial charge in [-0.2, -0.15) is 5.10 Å². The number of pyridine rings is 1. The number of rotatable bonds is 6. The lowest BCUT2D eigenvalue weighted by Gasteiger charge is -2.12. The number of nitrogens with zero attached hydrogens (tertiary/aromatic N) is 4. The largest absolute Gasteiger partial charge is 0.352 e. The van der Waals surface area contributed by atoms with Crippen LogP contribution in [0.5, 0.6) is 0 Å². The fourth-order valence-corrected chi connectivity index (χ4v) is 2.47. The van der Waals surface area contributed by atoms with Gasteiger partial charge in [0.25, 0.3) is 5.56 Å². The van der Waals surface area contributed by atoms with Crippen LogP contribution in [0.25, 0.3) is 0 Å². The lowest BCUT2D eigenvalue weighted by molar-refractivity contribution is 0.534. The van der Waals surface area contributed by atoms with Crippen molar-refractivity contribution in [1.29, 1.82) is 0 Å². The normalized spacial score (nSPS) is 12.1. The summed E-state index contributed by atoms with van der Waals surface area (Å²) in [4.78, 5) is 23.1. The molecule has 1 atom stereocenters. The van der Waals surface area contributed by atoms with Crippen molar-refractivity contribution in [2.45, 2.75) is 25.9 Å². The van der Waals surface area contributed by atoms with E-state index in [4.69, 9.17) is 11.6 Å². The number of anilines is 1. The molecule has 24 heavy (non-hydrogen) atoms. The molecular formula is C16H17ClN6O. The molecule has 3 heterocycles. The minimum absolute atomic E-state index is 0.0159. The number of aromatic nitrogens is 5. The molecule has 124 valence electrons. The Kier molecular flexibility index (Phi) is 4.90. The zero-order valence-corrected chi connectivity index (χ0v) is 13.9. The molecule has 7 nitrogen and oxygen atoms in total. The molecule has 0 radical (unpaired) electrons. The third-order valence-corrected chi connectivity index (χ3v) is 3.71. The van der Waals surface area contributed by atoms with E-state index in [0.29, 0.717) is 29.8 Å². The van der Waals surface area contributed by atoms with Crippen LogP contribution in [0.2, 0.25) is 5.02 Å². The molecule has 0 saturated carbocycles. The van der Waals surface area contributed by atoms with Crippen LogP contribution in [0, 0.1) is 0 Å². The Labute approximate surface area is 143 Å². The van der Waals surface area contributed by atoms with E-state index in [1.165, 1.54) is 6.07 Å². The minimum Gasteiger partial charge on any atom is -0.352 e.